The molecule has 2 aliphatic heterocycles. The average molecular weight is 193 g/mol. The molecule has 1 aliphatic carbocycles. The first-order valence-electron chi connectivity index (χ1n) is 5.29. The van der Waals surface area contributed by atoms with Crippen molar-refractivity contribution in [3.8, 4) is 0 Å². The highest BCUT2D eigenvalue weighted by Gasteiger charge is 2.42. The summed E-state index contributed by atoms with van der Waals surface area (Å²) in [6.07, 6.45) is 3.20. The van der Waals surface area contributed by atoms with Crippen LogP contribution in [0, 0.1) is 11.8 Å². The fraction of sp³-hybridized carbons (Fsp3) is 0.700. The Bertz CT molecular complexity index is 300. The molecule has 0 spiro atoms. The molecule has 14 heavy (non-hydrogen) atoms. The summed E-state index contributed by atoms with van der Waals surface area (Å²) in [5.41, 5.74) is 7.22. The lowest BCUT2D eigenvalue weighted by molar-refractivity contribution is -0.120. The molecule has 4 heteroatoms. The van der Waals surface area contributed by atoms with Gasteiger partial charge < -0.3 is 5.32 Å². The van der Waals surface area contributed by atoms with Crippen molar-refractivity contribution in [2.75, 3.05) is 19.6 Å². The summed E-state index contributed by atoms with van der Waals surface area (Å²) >= 11 is 0. The maximum absolute atomic E-state index is 12.0. The van der Waals surface area contributed by atoms with Gasteiger partial charge in [0.2, 0.25) is 0 Å². The number of hydrogen-bond acceptors (Lipinski definition) is 4. The van der Waals surface area contributed by atoms with Gasteiger partial charge in [0.25, 0.3) is 0 Å². The Morgan fingerprint density at radius 2 is 2.29 bits per heavy atom. The van der Waals surface area contributed by atoms with Gasteiger partial charge in [0.1, 0.15) is 0 Å². The van der Waals surface area contributed by atoms with E-state index in [9.17, 15) is 4.79 Å². The highest BCUT2D eigenvalue weighted by atomic mass is 16.1. The molecule has 0 aromatic carbocycles. The van der Waals surface area contributed by atoms with Gasteiger partial charge in [0.15, 0.2) is 5.78 Å². The first-order valence-corrected chi connectivity index (χ1v) is 5.29. The van der Waals surface area contributed by atoms with Gasteiger partial charge in [0.05, 0.1) is 6.04 Å². The van der Waals surface area contributed by atoms with Crippen LogP contribution in [0.25, 0.3) is 0 Å². The van der Waals surface area contributed by atoms with Crippen molar-refractivity contribution in [1.29, 1.82) is 0 Å². The van der Waals surface area contributed by atoms with Crippen LogP contribution < -0.4 is 16.2 Å². The summed E-state index contributed by atoms with van der Waals surface area (Å²) in [5.74, 6) is 1.27. The largest absolute Gasteiger partial charge is 0.313 e. The lowest BCUT2D eigenvalue weighted by Crippen LogP contribution is -2.48. The predicted octanol–water partition coefficient (Wildman–Crippen LogP) is -0.802. The zero-order chi connectivity index (χ0) is 9.54. The van der Waals surface area contributed by atoms with Gasteiger partial charge >= 0.3 is 0 Å². The van der Waals surface area contributed by atoms with Crippen molar-refractivity contribution in [3.05, 3.63) is 11.6 Å². The topological polar surface area (TPSA) is 53.2 Å². The molecule has 3 atom stereocenters. The minimum atomic E-state index is 0.0376. The molecule has 4 nitrogen and oxygen atoms in total. The molecule has 1 saturated heterocycles. The van der Waals surface area contributed by atoms with E-state index >= 15 is 0 Å². The maximum atomic E-state index is 12.0. The monoisotopic (exact) mass is 193 g/mol. The van der Waals surface area contributed by atoms with Crippen molar-refractivity contribution in [1.82, 2.24) is 16.2 Å². The highest BCUT2D eigenvalue weighted by Crippen LogP contribution is 2.33. The number of Topliss-reactive ketones (excluding diaryl/α,β-unsaturated/α-hetero) is 1. The Balaban J connectivity index is 1.91. The van der Waals surface area contributed by atoms with Crippen LogP contribution >= 0.6 is 0 Å². The first kappa shape index (κ1) is 8.59. The third-order valence-corrected chi connectivity index (χ3v) is 3.54. The number of fused-ring (bicyclic) bond motifs is 2. The summed E-state index contributed by atoms with van der Waals surface area (Å²) in [5, 5.41) is 3.31. The van der Waals surface area contributed by atoms with Gasteiger partial charge in [-0.1, -0.05) is 6.08 Å². The fourth-order valence-corrected chi connectivity index (χ4v) is 2.81. The van der Waals surface area contributed by atoms with Crippen LogP contribution in [0.1, 0.15) is 6.42 Å². The van der Waals surface area contributed by atoms with E-state index in [2.05, 4.69) is 22.2 Å². The van der Waals surface area contributed by atoms with Crippen molar-refractivity contribution in [2.45, 2.75) is 12.5 Å². The van der Waals surface area contributed by atoms with Crippen molar-refractivity contribution < 1.29 is 4.79 Å². The number of hydrogen-bond donors (Lipinski definition) is 3. The van der Waals surface area contributed by atoms with E-state index in [1.165, 1.54) is 0 Å². The van der Waals surface area contributed by atoms with Crippen LogP contribution in [0.2, 0.25) is 0 Å². The SMILES string of the molecule is O=C1C2=CCNCC2CC2CNNC12. The lowest BCUT2D eigenvalue weighted by atomic mass is 9.73. The first-order chi connectivity index (χ1) is 6.86. The van der Waals surface area contributed by atoms with Crippen LogP contribution in [0.4, 0.5) is 0 Å². The van der Waals surface area contributed by atoms with Gasteiger partial charge in [0, 0.05) is 25.6 Å². The zero-order valence-corrected chi connectivity index (χ0v) is 8.05. The summed E-state index contributed by atoms with van der Waals surface area (Å²) in [6.45, 7) is 2.75. The van der Waals surface area contributed by atoms with Crippen molar-refractivity contribution in [3.63, 3.8) is 0 Å². The Kier molecular flexibility index (Phi) is 1.93. The molecule has 2 fully saturated rings. The fourth-order valence-electron chi connectivity index (χ4n) is 2.81. The molecule has 3 rings (SSSR count). The van der Waals surface area contributed by atoms with E-state index in [0.717, 1.165) is 31.6 Å². The van der Waals surface area contributed by atoms with Crippen LogP contribution in [0.15, 0.2) is 11.6 Å². The second kappa shape index (κ2) is 3.15. The molecule has 2 heterocycles. The number of hydrazine groups is 1. The molecule has 3 unspecified atom stereocenters. The zero-order valence-electron chi connectivity index (χ0n) is 8.05. The number of carbonyl (C=O) groups is 1. The summed E-state index contributed by atoms with van der Waals surface area (Å²) in [7, 11) is 0. The van der Waals surface area contributed by atoms with Crippen molar-refractivity contribution >= 4 is 5.78 Å². The molecule has 0 aromatic heterocycles. The van der Waals surface area contributed by atoms with Crippen LogP contribution in [-0.4, -0.2) is 31.5 Å². The van der Waals surface area contributed by atoms with E-state index < -0.39 is 0 Å². The minimum Gasteiger partial charge on any atom is -0.313 e. The van der Waals surface area contributed by atoms with Gasteiger partial charge in [-0.05, 0) is 17.9 Å². The molecule has 3 aliphatic rings. The molecule has 0 amide bonds. The van der Waals surface area contributed by atoms with E-state index in [-0.39, 0.29) is 6.04 Å². The minimum absolute atomic E-state index is 0.0376. The molecule has 0 bridgehead atoms. The van der Waals surface area contributed by atoms with Gasteiger partial charge in [-0.15, -0.1) is 0 Å². The molecule has 0 aromatic rings. The number of rotatable bonds is 0. The molecule has 76 valence electrons. The van der Waals surface area contributed by atoms with Crippen LogP contribution in [-0.2, 0) is 4.79 Å². The highest BCUT2D eigenvalue weighted by molar-refractivity contribution is 6.01. The third kappa shape index (κ3) is 1.15. The van der Waals surface area contributed by atoms with E-state index in [4.69, 9.17) is 0 Å². The molecule has 0 radical (unpaired) electrons. The van der Waals surface area contributed by atoms with Gasteiger partial charge in [-0.3, -0.25) is 10.2 Å². The smallest absolute Gasteiger partial charge is 0.177 e. The van der Waals surface area contributed by atoms with Gasteiger partial charge in [-0.2, -0.15) is 0 Å². The maximum Gasteiger partial charge on any atom is 0.177 e. The lowest BCUT2D eigenvalue weighted by Gasteiger charge is -2.34. The molecular weight excluding hydrogens is 178 g/mol. The quantitative estimate of drug-likeness (QED) is 0.471. The molecular formula is C10H15N3O. The second-order valence-electron chi connectivity index (χ2n) is 4.38. The normalized spacial score (nSPS) is 41.6. The molecule has 1 saturated carbocycles. The van der Waals surface area contributed by atoms with E-state index in [1.807, 2.05) is 0 Å². The predicted molar refractivity (Wildman–Crippen MR) is 52.5 cm³/mol. The third-order valence-electron chi connectivity index (χ3n) is 3.54. The van der Waals surface area contributed by atoms with Crippen LogP contribution in [0.5, 0.6) is 0 Å². The summed E-state index contributed by atoms with van der Waals surface area (Å²) < 4.78 is 0. The summed E-state index contributed by atoms with van der Waals surface area (Å²) in [4.78, 5) is 12.0. The number of carbonyl (C=O) groups excluding carboxylic acids is 1. The summed E-state index contributed by atoms with van der Waals surface area (Å²) in [6, 6.07) is 0.0376. The Morgan fingerprint density at radius 1 is 1.36 bits per heavy atom. The standard InChI is InChI=1S/C10H15N3O/c14-10-8-1-2-11-4-6(8)3-7-5-12-13-9(7)10/h1,6-7,9,11-13H,2-5H2. The second-order valence-corrected chi connectivity index (χ2v) is 4.38. The van der Waals surface area contributed by atoms with Crippen molar-refractivity contribution in [2.24, 2.45) is 11.8 Å². The number of ketones is 1. The van der Waals surface area contributed by atoms with E-state index in [0.29, 0.717) is 17.6 Å². The Hall–Kier alpha value is -0.710. The van der Waals surface area contributed by atoms with E-state index in [1.54, 1.807) is 0 Å². The van der Waals surface area contributed by atoms with Gasteiger partial charge in [-0.25, -0.2) is 5.43 Å². The molecule has 3 N–H and O–H groups in total. The van der Waals surface area contributed by atoms with Crippen LogP contribution in [0.3, 0.4) is 0 Å². The Labute approximate surface area is 83.1 Å². The Morgan fingerprint density at radius 3 is 3.21 bits per heavy atom. The average Bonchev–Trinajstić information content (AvgIpc) is 2.66. The number of nitrogens with one attached hydrogen (secondary N) is 3.